The topological polar surface area (TPSA) is 106 Å². The predicted octanol–water partition coefficient (Wildman–Crippen LogP) is 1.75. The van der Waals surface area contributed by atoms with E-state index in [0.717, 1.165) is 18.7 Å². The fourth-order valence-corrected chi connectivity index (χ4v) is 3.39. The van der Waals surface area contributed by atoms with E-state index >= 15 is 0 Å². The Bertz CT molecular complexity index is 841. The highest BCUT2D eigenvalue weighted by atomic mass is 127. The van der Waals surface area contributed by atoms with Crippen LogP contribution in [0.5, 0.6) is 11.5 Å². The molecular weight excluding hydrogens is 515 g/mol. The standard InChI is InChI=1S/C20H30N6O4.HI/c1-14-24-19(30-25-14)13-23-20(21-2)22-12-16(26-7-9-29-10-8-26)15-5-6-17(27-3)18(11-15)28-4;/h5-6,11,16H,7-10,12-13H2,1-4H3,(H2,21,22,23);1H. The number of aliphatic imine (C=N–C) groups is 1. The van der Waals surface area contributed by atoms with Crippen LogP contribution in [0.2, 0.25) is 0 Å². The van der Waals surface area contributed by atoms with E-state index in [1.165, 1.54) is 0 Å². The molecule has 2 aromatic rings. The molecule has 0 radical (unpaired) electrons. The summed E-state index contributed by atoms with van der Waals surface area (Å²) in [6, 6.07) is 6.14. The Morgan fingerprint density at radius 1 is 1.19 bits per heavy atom. The van der Waals surface area contributed by atoms with Gasteiger partial charge in [-0.15, -0.1) is 24.0 Å². The van der Waals surface area contributed by atoms with Crippen molar-refractivity contribution in [1.29, 1.82) is 0 Å². The number of hydrogen-bond acceptors (Lipinski definition) is 8. The van der Waals surface area contributed by atoms with Gasteiger partial charge < -0.3 is 29.4 Å². The maximum Gasteiger partial charge on any atom is 0.246 e. The van der Waals surface area contributed by atoms with Crippen LogP contribution >= 0.6 is 24.0 Å². The molecule has 11 heteroatoms. The Hall–Kier alpha value is -2.12. The zero-order chi connectivity index (χ0) is 21.3. The summed E-state index contributed by atoms with van der Waals surface area (Å²) in [6.07, 6.45) is 0. The highest BCUT2D eigenvalue weighted by molar-refractivity contribution is 14.0. The average molecular weight is 546 g/mol. The Kier molecular flexibility index (Phi) is 10.3. The molecule has 3 rings (SSSR count). The summed E-state index contributed by atoms with van der Waals surface area (Å²) >= 11 is 0. The van der Waals surface area contributed by atoms with Crippen molar-refractivity contribution in [2.24, 2.45) is 4.99 Å². The van der Waals surface area contributed by atoms with Crippen molar-refractivity contribution in [3.05, 3.63) is 35.5 Å². The highest BCUT2D eigenvalue weighted by Gasteiger charge is 2.24. The summed E-state index contributed by atoms with van der Waals surface area (Å²) in [6.45, 7) is 5.98. The molecule has 172 valence electrons. The molecule has 0 aliphatic carbocycles. The lowest BCUT2D eigenvalue weighted by atomic mass is 10.0. The van der Waals surface area contributed by atoms with E-state index in [-0.39, 0.29) is 30.0 Å². The first-order valence-corrected chi connectivity index (χ1v) is 9.92. The fraction of sp³-hybridized carbons (Fsp3) is 0.550. The van der Waals surface area contributed by atoms with Crippen LogP contribution in [-0.4, -0.2) is 75.1 Å². The summed E-state index contributed by atoms with van der Waals surface area (Å²) in [7, 11) is 5.02. The molecule has 1 saturated heterocycles. The van der Waals surface area contributed by atoms with Crippen LogP contribution in [-0.2, 0) is 11.3 Å². The van der Waals surface area contributed by atoms with Gasteiger partial charge in [-0.3, -0.25) is 9.89 Å². The molecule has 0 bridgehead atoms. The van der Waals surface area contributed by atoms with Crippen molar-refractivity contribution in [2.45, 2.75) is 19.5 Å². The van der Waals surface area contributed by atoms with Crippen molar-refractivity contribution in [1.82, 2.24) is 25.7 Å². The fourth-order valence-electron chi connectivity index (χ4n) is 3.39. The van der Waals surface area contributed by atoms with Crippen molar-refractivity contribution in [2.75, 3.05) is 54.1 Å². The van der Waals surface area contributed by atoms with Gasteiger partial charge in [-0.1, -0.05) is 11.2 Å². The van der Waals surface area contributed by atoms with Crippen molar-refractivity contribution in [3.63, 3.8) is 0 Å². The Morgan fingerprint density at radius 2 is 1.94 bits per heavy atom. The molecule has 1 unspecified atom stereocenters. The highest BCUT2D eigenvalue weighted by Crippen LogP contribution is 2.32. The second-order valence-electron chi connectivity index (χ2n) is 6.82. The number of methoxy groups -OCH3 is 2. The maximum atomic E-state index is 5.54. The molecule has 2 N–H and O–H groups in total. The number of benzene rings is 1. The molecule has 1 aromatic heterocycles. The summed E-state index contributed by atoms with van der Waals surface area (Å²) < 4.78 is 21.6. The molecule has 1 atom stereocenters. The van der Waals surface area contributed by atoms with Crippen LogP contribution in [0.4, 0.5) is 0 Å². The van der Waals surface area contributed by atoms with Crippen molar-refractivity contribution in [3.8, 4) is 11.5 Å². The first-order chi connectivity index (χ1) is 14.6. The number of ether oxygens (including phenoxy) is 3. The maximum absolute atomic E-state index is 5.54. The van der Waals surface area contributed by atoms with Gasteiger partial charge in [0, 0.05) is 26.7 Å². The Morgan fingerprint density at radius 3 is 2.55 bits per heavy atom. The van der Waals surface area contributed by atoms with E-state index in [1.807, 2.05) is 12.1 Å². The van der Waals surface area contributed by atoms with Crippen molar-refractivity contribution < 1.29 is 18.7 Å². The van der Waals surface area contributed by atoms with Gasteiger partial charge in [0.05, 0.1) is 40.0 Å². The minimum Gasteiger partial charge on any atom is -0.493 e. The number of morpholine rings is 1. The molecule has 0 saturated carbocycles. The number of nitrogens with one attached hydrogen (secondary N) is 2. The lowest BCUT2D eigenvalue weighted by Crippen LogP contribution is -2.46. The summed E-state index contributed by atoms with van der Waals surface area (Å²) in [5, 5.41) is 10.4. The molecule has 0 amide bonds. The number of rotatable bonds is 8. The molecule has 1 aromatic carbocycles. The van der Waals surface area contributed by atoms with Gasteiger partial charge in [0.1, 0.15) is 0 Å². The number of hydrogen-bond donors (Lipinski definition) is 2. The largest absolute Gasteiger partial charge is 0.493 e. The summed E-state index contributed by atoms with van der Waals surface area (Å²) in [5.74, 6) is 3.20. The number of aromatic nitrogens is 2. The zero-order valence-electron chi connectivity index (χ0n) is 18.4. The SMILES string of the molecule is CN=C(NCc1nc(C)no1)NCC(c1ccc(OC)c(OC)c1)N1CCOCC1.I. The second-order valence-corrected chi connectivity index (χ2v) is 6.82. The third kappa shape index (κ3) is 6.94. The second kappa shape index (κ2) is 12.7. The van der Waals surface area contributed by atoms with E-state index < -0.39 is 0 Å². The zero-order valence-corrected chi connectivity index (χ0v) is 20.7. The van der Waals surface area contributed by atoms with E-state index in [0.29, 0.717) is 55.5 Å². The summed E-state index contributed by atoms with van der Waals surface area (Å²) in [4.78, 5) is 10.9. The third-order valence-corrected chi connectivity index (χ3v) is 4.94. The summed E-state index contributed by atoms with van der Waals surface area (Å²) in [5.41, 5.74) is 1.13. The van der Waals surface area contributed by atoms with Crippen LogP contribution in [0.3, 0.4) is 0 Å². The normalized spacial score (nSPS) is 15.7. The Labute approximate surface area is 199 Å². The van der Waals surface area contributed by atoms with Gasteiger partial charge in [-0.05, 0) is 24.6 Å². The number of aryl methyl sites for hydroxylation is 1. The molecule has 1 aliphatic rings. The van der Waals surface area contributed by atoms with Gasteiger partial charge >= 0.3 is 0 Å². The molecule has 1 aliphatic heterocycles. The lowest BCUT2D eigenvalue weighted by Gasteiger charge is -2.35. The van der Waals surface area contributed by atoms with E-state index in [1.54, 1.807) is 28.2 Å². The molecule has 31 heavy (non-hydrogen) atoms. The predicted molar refractivity (Wildman–Crippen MR) is 127 cm³/mol. The van der Waals surface area contributed by atoms with E-state index in [4.69, 9.17) is 18.7 Å². The first-order valence-electron chi connectivity index (χ1n) is 9.92. The molecule has 1 fully saturated rings. The van der Waals surface area contributed by atoms with Gasteiger partial charge in [0.25, 0.3) is 0 Å². The molecule has 10 nitrogen and oxygen atoms in total. The minimum atomic E-state index is 0. The third-order valence-electron chi connectivity index (χ3n) is 4.94. The van der Waals surface area contributed by atoms with Gasteiger partial charge in [0.2, 0.25) is 5.89 Å². The number of halogens is 1. The van der Waals surface area contributed by atoms with Crippen LogP contribution in [0, 0.1) is 6.92 Å². The van der Waals surface area contributed by atoms with E-state index in [2.05, 4.69) is 36.7 Å². The lowest BCUT2D eigenvalue weighted by molar-refractivity contribution is 0.0169. The minimum absolute atomic E-state index is 0. The molecule has 2 heterocycles. The van der Waals surface area contributed by atoms with Crippen LogP contribution in [0.1, 0.15) is 23.3 Å². The monoisotopic (exact) mass is 546 g/mol. The van der Waals surface area contributed by atoms with Crippen LogP contribution < -0.4 is 20.1 Å². The molecular formula is C20H31IN6O4. The average Bonchev–Trinajstić information content (AvgIpc) is 3.21. The number of nitrogens with zero attached hydrogens (tertiary/aromatic N) is 4. The van der Waals surface area contributed by atoms with E-state index in [9.17, 15) is 0 Å². The van der Waals surface area contributed by atoms with Gasteiger partial charge in [-0.25, -0.2) is 0 Å². The number of guanidine groups is 1. The van der Waals surface area contributed by atoms with Gasteiger partial charge in [-0.2, -0.15) is 4.98 Å². The molecule has 0 spiro atoms. The quantitative estimate of drug-likeness (QED) is 0.291. The van der Waals surface area contributed by atoms with Crippen molar-refractivity contribution >= 4 is 29.9 Å². The first kappa shape index (κ1) is 25.1. The van der Waals surface area contributed by atoms with Crippen LogP contribution in [0.15, 0.2) is 27.7 Å². The van der Waals surface area contributed by atoms with Crippen LogP contribution in [0.25, 0.3) is 0 Å². The van der Waals surface area contributed by atoms with Gasteiger partial charge in [0.15, 0.2) is 23.3 Å². The smallest absolute Gasteiger partial charge is 0.246 e. The Balaban J connectivity index is 0.00000341.